The van der Waals surface area contributed by atoms with E-state index in [1.165, 1.54) is 18.4 Å². The van der Waals surface area contributed by atoms with Crippen LogP contribution in [0.25, 0.3) is 5.65 Å². The normalized spacial score (nSPS) is 18.0. The summed E-state index contributed by atoms with van der Waals surface area (Å²) in [6, 6.07) is 7.84. The molecule has 0 unspecified atom stereocenters. The van der Waals surface area contributed by atoms with E-state index in [4.69, 9.17) is 11.6 Å². The third kappa shape index (κ3) is 2.13. The Labute approximate surface area is 156 Å². The fourth-order valence-corrected chi connectivity index (χ4v) is 4.91. The number of carbonyl (C=O) groups excluding carboxylic acids is 1. The van der Waals surface area contributed by atoms with E-state index in [9.17, 15) is 4.79 Å². The zero-order valence-corrected chi connectivity index (χ0v) is 15.3. The summed E-state index contributed by atoms with van der Waals surface area (Å²) < 4.78 is 1.65. The van der Waals surface area contributed by atoms with Crippen LogP contribution in [-0.2, 0) is 5.41 Å². The highest BCUT2D eigenvalue weighted by Crippen LogP contribution is 2.52. The number of aromatic nitrogens is 3. The molecule has 2 aliphatic rings. The number of aryl methyl sites for hydroxylation is 1. The van der Waals surface area contributed by atoms with Crippen LogP contribution in [-0.4, -0.2) is 27.0 Å². The lowest BCUT2D eigenvalue weighted by atomic mass is 9.81. The van der Waals surface area contributed by atoms with Crippen molar-refractivity contribution in [3.05, 3.63) is 58.5 Å². The van der Waals surface area contributed by atoms with Gasteiger partial charge in [-0.1, -0.05) is 36.6 Å². The van der Waals surface area contributed by atoms with Crippen molar-refractivity contribution in [1.29, 1.82) is 0 Å². The van der Waals surface area contributed by atoms with E-state index >= 15 is 0 Å². The van der Waals surface area contributed by atoms with Gasteiger partial charge >= 0.3 is 0 Å². The first-order valence-electron chi connectivity index (χ1n) is 9.01. The van der Waals surface area contributed by atoms with Gasteiger partial charge in [-0.05, 0) is 31.4 Å². The Kier molecular flexibility index (Phi) is 3.38. The average molecular weight is 367 g/mol. The van der Waals surface area contributed by atoms with Crippen molar-refractivity contribution < 1.29 is 4.79 Å². The van der Waals surface area contributed by atoms with Crippen LogP contribution in [0.2, 0.25) is 5.02 Å². The molecule has 0 bridgehead atoms. The molecule has 6 heteroatoms. The third-order valence-corrected chi connectivity index (χ3v) is 6.20. The first-order chi connectivity index (χ1) is 12.6. The zero-order chi connectivity index (χ0) is 17.9. The number of rotatable bonds is 1. The van der Waals surface area contributed by atoms with Gasteiger partial charge in [-0.2, -0.15) is 5.10 Å². The second-order valence-corrected chi connectivity index (χ2v) is 7.80. The molecule has 0 radical (unpaired) electrons. The Morgan fingerprint density at radius 3 is 2.85 bits per heavy atom. The Bertz CT molecular complexity index is 1040. The number of para-hydroxylation sites is 1. The molecule has 3 heterocycles. The summed E-state index contributed by atoms with van der Waals surface area (Å²) in [6.07, 6.45) is 8.09. The van der Waals surface area contributed by atoms with Crippen LogP contribution in [0.4, 0.5) is 5.69 Å². The number of anilines is 1. The average Bonchev–Trinajstić information content (AvgIpc) is 3.35. The van der Waals surface area contributed by atoms with Gasteiger partial charge < -0.3 is 4.90 Å². The van der Waals surface area contributed by atoms with Crippen molar-refractivity contribution in [2.75, 3.05) is 11.4 Å². The van der Waals surface area contributed by atoms with Gasteiger partial charge in [0.2, 0.25) is 0 Å². The van der Waals surface area contributed by atoms with Crippen molar-refractivity contribution in [3.8, 4) is 0 Å². The standard InChI is InChI=1S/C20H19ClN4O/c1-13-14(11-25-17(23-13)7-10-22-25)19(26)24-12-20(8-2-3-9-20)15-5-4-6-16(21)18(15)24/h4-7,10-11H,2-3,8-9,12H2,1H3. The highest BCUT2D eigenvalue weighted by atomic mass is 35.5. The molecule has 1 aliphatic heterocycles. The number of carbonyl (C=O) groups is 1. The lowest BCUT2D eigenvalue weighted by Gasteiger charge is -2.25. The summed E-state index contributed by atoms with van der Waals surface area (Å²) in [4.78, 5) is 19.9. The maximum absolute atomic E-state index is 13.5. The van der Waals surface area contributed by atoms with Gasteiger partial charge in [0.05, 0.1) is 28.2 Å². The van der Waals surface area contributed by atoms with Gasteiger partial charge in [-0.3, -0.25) is 4.79 Å². The van der Waals surface area contributed by atoms with Crippen LogP contribution >= 0.6 is 11.6 Å². The molecule has 1 amide bonds. The fourth-order valence-electron chi connectivity index (χ4n) is 4.64. The molecule has 26 heavy (non-hydrogen) atoms. The van der Waals surface area contributed by atoms with Crippen LogP contribution in [0.15, 0.2) is 36.7 Å². The minimum atomic E-state index is -0.0504. The fraction of sp³-hybridized carbons (Fsp3) is 0.350. The van der Waals surface area contributed by atoms with Crippen LogP contribution in [0.1, 0.15) is 47.3 Å². The summed E-state index contributed by atoms with van der Waals surface area (Å²) >= 11 is 6.55. The lowest BCUT2D eigenvalue weighted by Crippen LogP contribution is -2.36. The second-order valence-electron chi connectivity index (χ2n) is 7.39. The number of benzene rings is 1. The third-order valence-electron chi connectivity index (χ3n) is 5.90. The molecule has 5 nitrogen and oxygen atoms in total. The Morgan fingerprint density at radius 2 is 2.04 bits per heavy atom. The molecular weight excluding hydrogens is 348 g/mol. The van der Waals surface area contributed by atoms with Crippen LogP contribution in [0.5, 0.6) is 0 Å². The maximum Gasteiger partial charge on any atom is 0.261 e. The minimum absolute atomic E-state index is 0.0486. The number of hydrogen-bond donors (Lipinski definition) is 0. The molecule has 1 fully saturated rings. The van der Waals surface area contributed by atoms with Crippen molar-refractivity contribution in [2.45, 2.75) is 38.0 Å². The molecule has 1 aliphatic carbocycles. The van der Waals surface area contributed by atoms with Crippen LogP contribution in [0, 0.1) is 6.92 Å². The molecule has 2 aromatic heterocycles. The number of hydrogen-bond acceptors (Lipinski definition) is 3. The molecule has 1 spiro atoms. The molecule has 0 atom stereocenters. The van der Waals surface area contributed by atoms with Gasteiger partial charge in [0.15, 0.2) is 5.65 Å². The van der Waals surface area contributed by atoms with E-state index in [0.717, 1.165) is 24.2 Å². The van der Waals surface area contributed by atoms with Gasteiger partial charge in [-0.15, -0.1) is 0 Å². The smallest absolute Gasteiger partial charge is 0.261 e. The minimum Gasteiger partial charge on any atom is -0.306 e. The highest BCUT2D eigenvalue weighted by Gasteiger charge is 2.47. The first kappa shape index (κ1) is 15.8. The van der Waals surface area contributed by atoms with Gasteiger partial charge in [0.1, 0.15) is 0 Å². The first-order valence-corrected chi connectivity index (χ1v) is 9.39. The highest BCUT2D eigenvalue weighted by molar-refractivity contribution is 6.34. The quantitative estimate of drug-likeness (QED) is 0.649. The summed E-state index contributed by atoms with van der Waals surface area (Å²) in [5.74, 6) is -0.0504. The molecular formula is C20H19ClN4O. The Balaban J connectivity index is 1.64. The van der Waals surface area contributed by atoms with Crippen molar-refractivity contribution in [2.24, 2.45) is 0 Å². The predicted octanol–water partition coefficient (Wildman–Crippen LogP) is 4.16. The van der Waals surface area contributed by atoms with E-state index in [1.807, 2.05) is 30.0 Å². The number of fused-ring (bicyclic) bond motifs is 3. The molecule has 5 rings (SSSR count). The molecule has 1 aromatic carbocycles. The molecule has 0 N–H and O–H groups in total. The Morgan fingerprint density at radius 1 is 1.23 bits per heavy atom. The summed E-state index contributed by atoms with van der Waals surface area (Å²) in [5.41, 5.74) is 4.17. The van der Waals surface area contributed by atoms with E-state index in [-0.39, 0.29) is 11.3 Å². The topological polar surface area (TPSA) is 50.5 Å². The monoisotopic (exact) mass is 366 g/mol. The molecule has 3 aromatic rings. The number of nitrogens with zero attached hydrogens (tertiary/aromatic N) is 4. The van der Waals surface area contributed by atoms with Gasteiger partial charge in [0.25, 0.3) is 5.91 Å². The molecule has 132 valence electrons. The predicted molar refractivity (Wildman–Crippen MR) is 101 cm³/mol. The number of amides is 1. The van der Waals surface area contributed by atoms with E-state index in [0.29, 0.717) is 22.8 Å². The Hall–Kier alpha value is -2.40. The molecule has 1 saturated carbocycles. The van der Waals surface area contributed by atoms with Gasteiger partial charge in [0, 0.05) is 24.2 Å². The largest absolute Gasteiger partial charge is 0.306 e. The zero-order valence-electron chi connectivity index (χ0n) is 14.6. The van der Waals surface area contributed by atoms with Crippen LogP contribution < -0.4 is 4.90 Å². The molecule has 0 saturated heterocycles. The summed E-state index contributed by atoms with van der Waals surface area (Å²) in [6.45, 7) is 2.57. The van der Waals surface area contributed by atoms with Crippen molar-refractivity contribution in [1.82, 2.24) is 14.6 Å². The maximum atomic E-state index is 13.5. The summed E-state index contributed by atoms with van der Waals surface area (Å²) in [7, 11) is 0. The number of halogens is 1. The van der Waals surface area contributed by atoms with Crippen LogP contribution in [0.3, 0.4) is 0 Å². The van der Waals surface area contributed by atoms with Gasteiger partial charge in [-0.25, -0.2) is 9.50 Å². The van der Waals surface area contributed by atoms with E-state index in [2.05, 4.69) is 16.1 Å². The second kappa shape index (κ2) is 5.55. The van der Waals surface area contributed by atoms with E-state index in [1.54, 1.807) is 16.9 Å². The lowest BCUT2D eigenvalue weighted by molar-refractivity contribution is 0.0983. The SMILES string of the molecule is Cc1nc2ccnn2cc1C(=O)N1CC2(CCCC2)c2cccc(Cl)c21. The summed E-state index contributed by atoms with van der Waals surface area (Å²) in [5, 5.41) is 4.86. The van der Waals surface area contributed by atoms with Crippen molar-refractivity contribution >= 4 is 28.8 Å². The van der Waals surface area contributed by atoms with E-state index < -0.39 is 0 Å². The van der Waals surface area contributed by atoms with Crippen molar-refractivity contribution in [3.63, 3.8) is 0 Å².